The molecule has 2 amide bonds. The number of H-pyrrole nitrogens is 1. The first kappa shape index (κ1) is 25.1. The first-order valence-corrected chi connectivity index (χ1v) is 11.9. The average molecular weight is 524 g/mol. The highest BCUT2D eigenvalue weighted by atomic mass is 19.4. The number of ether oxygens (including phenoxy) is 1. The molecule has 3 N–H and O–H groups in total. The Bertz CT molecular complexity index is 1520. The van der Waals surface area contributed by atoms with E-state index in [9.17, 15) is 22.8 Å². The Morgan fingerprint density at radius 1 is 1.11 bits per heavy atom. The van der Waals surface area contributed by atoms with Gasteiger partial charge < -0.3 is 15.4 Å². The second kappa shape index (κ2) is 9.73. The van der Waals surface area contributed by atoms with Crippen LogP contribution in [0.25, 0.3) is 16.9 Å². The van der Waals surface area contributed by atoms with Crippen LogP contribution in [0.1, 0.15) is 34.0 Å². The summed E-state index contributed by atoms with van der Waals surface area (Å²) in [6.07, 6.45) is -1.85. The van der Waals surface area contributed by atoms with E-state index in [0.717, 1.165) is 11.1 Å². The summed E-state index contributed by atoms with van der Waals surface area (Å²) in [5.74, 6) is -0.251. The van der Waals surface area contributed by atoms with Crippen LogP contribution < -0.4 is 10.5 Å². The van der Waals surface area contributed by atoms with Gasteiger partial charge in [0.2, 0.25) is 5.91 Å². The second-order valence-corrected chi connectivity index (χ2v) is 9.15. The largest absolute Gasteiger partial charge is 0.457 e. The zero-order valence-electron chi connectivity index (χ0n) is 20.3. The summed E-state index contributed by atoms with van der Waals surface area (Å²) in [7, 11) is 0. The van der Waals surface area contributed by atoms with Gasteiger partial charge in [-0.05, 0) is 49.7 Å². The quantitative estimate of drug-likeness (QED) is 0.349. The Labute approximate surface area is 215 Å². The Balaban J connectivity index is 1.39. The predicted octanol–water partition coefficient (Wildman–Crippen LogP) is 4.96. The highest BCUT2D eigenvalue weighted by Gasteiger charge is 2.31. The smallest absolute Gasteiger partial charge is 0.409 e. The van der Waals surface area contributed by atoms with Crippen LogP contribution in [-0.2, 0) is 4.79 Å². The van der Waals surface area contributed by atoms with E-state index in [0.29, 0.717) is 47.4 Å². The van der Waals surface area contributed by atoms with Gasteiger partial charge in [-0.15, -0.1) is 0 Å². The maximum absolute atomic E-state index is 12.4. The van der Waals surface area contributed by atoms with E-state index >= 15 is 0 Å². The fraction of sp³-hybridized carbons (Fsp3) is 0.222. The first-order chi connectivity index (χ1) is 18.1. The van der Waals surface area contributed by atoms with Crippen molar-refractivity contribution in [2.45, 2.75) is 25.4 Å². The molecule has 1 saturated heterocycles. The van der Waals surface area contributed by atoms with E-state index < -0.39 is 18.0 Å². The predicted molar refractivity (Wildman–Crippen MR) is 134 cm³/mol. The Kier molecular flexibility index (Phi) is 6.43. The first-order valence-electron chi connectivity index (χ1n) is 11.9. The molecule has 0 saturated carbocycles. The summed E-state index contributed by atoms with van der Waals surface area (Å²) in [5, 5.41) is 3.01. The number of fused-ring (bicyclic) bond motifs is 1. The molecule has 1 atom stereocenters. The second-order valence-electron chi connectivity index (χ2n) is 9.15. The van der Waals surface area contributed by atoms with Crippen LogP contribution in [0.15, 0.2) is 66.9 Å². The number of halogens is 3. The van der Waals surface area contributed by atoms with Gasteiger partial charge in [0.1, 0.15) is 17.2 Å². The van der Waals surface area contributed by atoms with Gasteiger partial charge in [0.05, 0.1) is 0 Å². The minimum atomic E-state index is -4.55. The number of aromatic amines is 1. The Hall–Kier alpha value is -4.54. The number of rotatable bonds is 6. The average Bonchev–Trinajstić information content (AvgIpc) is 3.59. The van der Waals surface area contributed by atoms with Crippen molar-refractivity contribution in [3.63, 3.8) is 0 Å². The molecule has 1 fully saturated rings. The highest BCUT2D eigenvalue weighted by molar-refractivity contribution is 5.98. The molecule has 1 unspecified atom stereocenters. The summed E-state index contributed by atoms with van der Waals surface area (Å²) in [5.41, 5.74) is 9.24. The van der Waals surface area contributed by atoms with Crippen LogP contribution in [0.2, 0.25) is 0 Å². The molecule has 0 aliphatic carbocycles. The molecule has 1 aliphatic rings. The Morgan fingerprint density at radius 2 is 1.76 bits per heavy atom. The standard InChI is InChI=1S/C27H24F3N5O3/c1-16-2-6-19(7-3-16)38-20-8-4-17(5-9-20)23-24(25(31)37)35-26(33-23)21(14-32-35)18-11-13-34(15-18)22(36)10-12-27(28,29)30/h2-10,12,14,18,32H,11,13,15H2,1H3,(H2,31,37)/b12-10+. The van der Waals surface area contributed by atoms with Gasteiger partial charge in [0.15, 0.2) is 11.3 Å². The van der Waals surface area contributed by atoms with Crippen LogP contribution >= 0.6 is 0 Å². The number of hydrogen-bond donors (Lipinski definition) is 2. The number of hydrogen-bond acceptors (Lipinski definition) is 4. The molecule has 196 valence electrons. The normalized spacial score (nSPS) is 16.0. The molecular formula is C27H24F3N5O3. The van der Waals surface area contributed by atoms with E-state index in [1.54, 1.807) is 30.5 Å². The molecule has 2 aromatic heterocycles. The maximum atomic E-state index is 12.4. The monoisotopic (exact) mass is 523 g/mol. The van der Waals surface area contributed by atoms with Gasteiger partial charge in [-0.1, -0.05) is 17.7 Å². The molecule has 1 aliphatic heterocycles. The molecule has 5 rings (SSSR count). The van der Waals surface area contributed by atoms with Gasteiger partial charge in [-0.2, -0.15) is 13.2 Å². The zero-order chi connectivity index (χ0) is 27.0. The lowest BCUT2D eigenvalue weighted by Gasteiger charge is -2.14. The van der Waals surface area contributed by atoms with Crippen molar-refractivity contribution >= 4 is 17.5 Å². The summed E-state index contributed by atoms with van der Waals surface area (Å²) in [6, 6.07) is 14.7. The van der Waals surface area contributed by atoms with E-state index in [2.05, 4.69) is 5.10 Å². The van der Waals surface area contributed by atoms with E-state index in [-0.39, 0.29) is 24.2 Å². The third kappa shape index (κ3) is 5.13. The van der Waals surface area contributed by atoms with Gasteiger partial charge in [0, 0.05) is 48.5 Å². The number of nitrogens with one attached hydrogen (secondary N) is 1. The summed E-state index contributed by atoms with van der Waals surface area (Å²) in [4.78, 5) is 30.7. The van der Waals surface area contributed by atoms with Crippen LogP contribution in [0.3, 0.4) is 0 Å². The number of carbonyl (C=O) groups is 2. The van der Waals surface area contributed by atoms with Crippen molar-refractivity contribution in [2.75, 3.05) is 13.1 Å². The van der Waals surface area contributed by atoms with Gasteiger partial charge in [-0.3, -0.25) is 14.7 Å². The number of amides is 2. The number of aromatic nitrogens is 3. The number of imidazole rings is 1. The lowest BCUT2D eigenvalue weighted by molar-refractivity contribution is -0.125. The van der Waals surface area contributed by atoms with E-state index in [1.807, 2.05) is 31.2 Å². The number of nitrogens with two attached hydrogens (primary N) is 1. The minimum absolute atomic E-state index is 0.0612. The topological polar surface area (TPSA) is 106 Å². The molecule has 2 aromatic carbocycles. The van der Waals surface area contributed by atoms with Crippen molar-refractivity contribution in [3.8, 4) is 22.8 Å². The lowest BCUT2D eigenvalue weighted by atomic mass is 10.0. The lowest BCUT2D eigenvalue weighted by Crippen LogP contribution is -2.27. The number of benzene rings is 2. The number of allylic oxidation sites excluding steroid dienone is 1. The number of carbonyl (C=O) groups excluding carboxylic acids is 2. The number of likely N-dealkylation sites (tertiary alicyclic amines) is 1. The van der Waals surface area contributed by atoms with Crippen molar-refractivity contribution < 1.29 is 27.5 Å². The number of aryl methyl sites for hydroxylation is 1. The van der Waals surface area contributed by atoms with Crippen LogP contribution in [0, 0.1) is 6.92 Å². The van der Waals surface area contributed by atoms with Gasteiger partial charge in [0.25, 0.3) is 5.91 Å². The molecule has 8 nitrogen and oxygen atoms in total. The highest BCUT2D eigenvalue weighted by Crippen LogP contribution is 2.34. The summed E-state index contributed by atoms with van der Waals surface area (Å²) in [6.45, 7) is 2.53. The summed E-state index contributed by atoms with van der Waals surface area (Å²) >= 11 is 0. The number of alkyl halides is 3. The minimum Gasteiger partial charge on any atom is -0.457 e. The molecular weight excluding hydrogens is 499 g/mol. The maximum Gasteiger partial charge on any atom is 0.409 e. The summed E-state index contributed by atoms with van der Waals surface area (Å²) < 4.78 is 44.7. The molecule has 4 aromatic rings. The molecule has 0 spiro atoms. The van der Waals surface area contributed by atoms with Crippen molar-refractivity contribution in [1.82, 2.24) is 19.5 Å². The molecule has 3 heterocycles. The fourth-order valence-electron chi connectivity index (χ4n) is 4.58. The van der Waals surface area contributed by atoms with Crippen LogP contribution in [0.4, 0.5) is 13.2 Å². The van der Waals surface area contributed by atoms with Crippen LogP contribution in [0.5, 0.6) is 11.5 Å². The van der Waals surface area contributed by atoms with Crippen molar-refractivity contribution in [1.29, 1.82) is 0 Å². The van der Waals surface area contributed by atoms with Crippen LogP contribution in [-0.4, -0.2) is 50.6 Å². The third-order valence-electron chi connectivity index (χ3n) is 6.46. The zero-order valence-corrected chi connectivity index (χ0v) is 20.3. The molecule has 0 radical (unpaired) electrons. The van der Waals surface area contributed by atoms with Gasteiger partial charge in [-0.25, -0.2) is 9.50 Å². The molecule has 0 bridgehead atoms. The van der Waals surface area contributed by atoms with Crippen molar-refractivity contribution in [3.05, 3.63) is 83.7 Å². The molecule has 38 heavy (non-hydrogen) atoms. The molecule has 11 heteroatoms. The number of primary amides is 1. The van der Waals surface area contributed by atoms with Gasteiger partial charge >= 0.3 is 6.18 Å². The number of nitrogens with zero attached hydrogens (tertiary/aromatic N) is 3. The van der Waals surface area contributed by atoms with E-state index in [4.69, 9.17) is 15.5 Å². The Morgan fingerprint density at radius 3 is 2.39 bits per heavy atom. The third-order valence-corrected chi connectivity index (χ3v) is 6.46. The van der Waals surface area contributed by atoms with Crippen molar-refractivity contribution in [2.24, 2.45) is 5.73 Å². The SMILES string of the molecule is Cc1ccc(Oc2ccc(-c3nc4c(C5CCN(C(=O)/C=C/C(F)(F)F)C5)c[nH]n4c3C(N)=O)cc2)cc1. The van der Waals surface area contributed by atoms with E-state index in [1.165, 1.54) is 9.42 Å². The fourth-order valence-corrected chi connectivity index (χ4v) is 4.58.